The van der Waals surface area contributed by atoms with Crippen LogP contribution in [-0.4, -0.2) is 32.4 Å². The van der Waals surface area contributed by atoms with E-state index < -0.39 is 0 Å². The van der Waals surface area contributed by atoms with Crippen molar-refractivity contribution in [3.05, 3.63) is 11.8 Å². The zero-order chi connectivity index (χ0) is 8.10. The van der Waals surface area contributed by atoms with Gasteiger partial charge >= 0.3 is 0 Å². The fourth-order valence-electron chi connectivity index (χ4n) is 0.947. The Kier molecular flexibility index (Phi) is 3.11. The lowest BCUT2D eigenvalue weighted by atomic mass is 10.2. The third kappa shape index (κ3) is 2.72. The maximum atomic E-state index is 3.87. The molecule has 1 aliphatic heterocycles. The molecular weight excluding hydrogens is 138 g/mol. The first kappa shape index (κ1) is 8.27. The molecule has 11 heavy (non-hydrogen) atoms. The number of nitrogens with zero attached hydrogens (tertiary/aromatic N) is 1. The number of hydrogen-bond donors (Lipinski definition) is 2. The largest absolute Gasteiger partial charge is 0.383 e. The van der Waals surface area contributed by atoms with E-state index in [1.54, 1.807) is 13.3 Å². The molecule has 0 aliphatic carbocycles. The molecule has 0 amide bonds. The number of rotatable bonds is 3. The molecule has 0 aromatic heterocycles. The third-order valence-electron chi connectivity index (χ3n) is 1.69. The van der Waals surface area contributed by atoms with Crippen LogP contribution in [0.5, 0.6) is 0 Å². The Morgan fingerprint density at radius 1 is 1.64 bits per heavy atom. The summed E-state index contributed by atoms with van der Waals surface area (Å²) in [5.74, 6) is 0. The van der Waals surface area contributed by atoms with Gasteiger partial charge in [0.2, 0.25) is 0 Å². The van der Waals surface area contributed by atoms with Crippen LogP contribution < -0.4 is 10.6 Å². The summed E-state index contributed by atoms with van der Waals surface area (Å²) < 4.78 is 0. The van der Waals surface area contributed by atoms with Crippen molar-refractivity contribution >= 4 is 6.21 Å². The van der Waals surface area contributed by atoms with E-state index in [-0.39, 0.29) is 0 Å². The predicted octanol–water partition coefficient (Wildman–Crippen LogP) is 0.152. The lowest BCUT2D eigenvalue weighted by Crippen LogP contribution is -2.54. The van der Waals surface area contributed by atoms with Crippen LogP contribution in [0.25, 0.3) is 0 Å². The lowest BCUT2D eigenvalue weighted by Gasteiger charge is -2.29. The van der Waals surface area contributed by atoms with E-state index in [1.165, 1.54) is 5.70 Å². The van der Waals surface area contributed by atoms with Crippen LogP contribution in [0, 0.1) is 0 Å². The Balaban J connectivity index is 2.23. The highest BCUT2D eigenvalue weighted by Crippen LogP contribution is 1.94. The van der Waals surface area contributed by atoms with Gasteiger partial charge in [-0.3, -0.25) is 4.99 Å². The van der Waals surface area contributed by atoms with Gasteiger partial charge in [0.1, 0.15) is 0 Å². The SMILES string of the molecule is C/N=C\C=C(\C)NC1CNC1. The molecule has 0 aromatic rings. The maximum absolute atomic E-state index is 3.87. The second-order valence-electron chi connectivity index (χ2n) is 2.76. The predicted molar refractivity (Wildman–Crippen MR) is 48.0 cm³/mol. The Morgan fingerprint density at radius 3 is 2.82 bits per heavy atom. The summed E-state index contributed by atoms with van der Waals surface area (Å²) in [4.78, 5) is 3.87. The molecule has 0 unspecified atom stereocenters. The molecule has 0 radical (unpaired) electrons. The molecule has 0 bridgehead atoms. The fraction of sp³-hybridized carbons (Fsp3) is 0.625. The van der Waals surface area contributed by atoms with Crippen LogP contribution in [0.2, 0.25) is 0 Å². The standard InChI is InChI=1S/C8H15N3/c1-7(3-4-9-2)11-8-5-10-6-8/h3-4,8,10-11H,5-6H2,1-2H3/b7-3-,9-4-. The minimum Gasteiger partial charge on any atom is -0.383 e. The van der Waals surface area contributed by atoms with Crippen LogP contribution in [0.4, 0.5) is 0 Å². The van der Waals surface area contributed by atoms with E-state index in [0.717, 1.165) is 13.1 Å². The van der Waals surface area contributed by atoms with Gasteiger partial charge in [0.15, 0.2) is 0 Å². The molecule has 1 aliphatic rings. The van der Waals surface area contributed by atoms with Gasteiger partial charge in [0, 0.05) is 32.0 Å². The van der Waals surface area contributed by atoms with Gasteiger partial charge in [-0.1, -0.05) is 0 Å². The van der Waals surface area contributed by atoms with Gasteiger partial charge in [-0.15, -0.1) is 0 Å². The van der Waals surface area contributed by atoms with E-state index in [0.29, 0.717) is 6.04 Å². The molecule has 62 valence electrons. The molecule has 0 saturated carbocycles. The topological polar surface area (TPSA) is 36.4 Å². The van der Waals surface area contributed by atoms with Crippen molar-refractivity contribution in [1.82, 2.24) is 10.6 Å². The van der Waals surface area contributed by atoms with Crippen molar-refractivity contribution < 1.29 is 0 Å². The van der Waals surface area contributed by atoms with Gasteiger partial charge < -0.3 is 10.6 Å². The summed E-state index contributed by atoms with van der Waals surface area (Å²) in [5.41, 5.74) is 1.18. The van der Waals surface area contributed by atoms with Crippen molar-refractivity contribution in [2.24, 2.45) is 4.99 Å². The van der Waals surface area contributed by atoms with Crippen LogP contribution in [0.3, 0.4) is 0 Å². The van der Waals surface area contributed by atoms with Crippen molar-refractivity contribution in [3.8, 4) is 0 Å². The van der Waals surface area contributed by atoms with Gasteiger partial charge in [-0.25, -0.2) is 0 Å². The molecule has 3 heteroatoms. The van der Waals surface area contributed by atoms with Crippen molar-refractivity contribution in [2.45, 2.75) is 13.0 Å². The quantitative estimate of drug-likeness (QED) is 0.566. The monoisotopic (exact) mass is 153 g/mol. The number of aliphatic imine (C=N–C) groups is 1. The average Bonchev–Trinajstić information content (AvgIpc) is 1.93. The number of hydrogen-bond acceptors (Lipinski definition) is 3. The van der Waals surface area contributed by atoms with Crippen molar-refractivity contribution in [2.75, 3.05) is 20.1 Å². The highest BCUT2D eigenvalue weighted by Gasteiger charge is 2.14. The van der Waals surface area contributed by atoms with Crippen LogP contribution in [0.1, 0.15) is 6.92 Å². The summed E-state index contributed by atoms with van der Waals surface area (Å²) in [5, 5.41) is 6.56. The molecule has 2 N–H and O–H groups in total. The van der Waals surface area contributed by atoms with Crippen LogP contribution in [-0.2, 0) is 0 Å². The Bertz CT molecular complexity index is 168. The molecule has 1 rings (SSSR count). The Labute approximate surface area is 67.6 Å². The van der Waals surface area contributed by atoms with Crippen LogP contribution >= 0.6 is 0 Å². The number of nitrogens with one attached hydrogen (secondary N) is 2. The van der Waals surface area contributed by atoms with Crippen molar-refractivity contribution in [3.63, 3.8) is 0 Å². The molecule has 0 atom stereocenters. The third-order valence-corrected chi connectivity index (χ3v) is 1.69. The zero-order valence-corrected chi connectivity index (χ0v) is 7.09. The maximum Gasteiger partial charge on any atom is 0.0507 e. The smallest absolute Gasteiger partial charge is 0.0507 e. The summed E-state index contributed by atoms with van der Waals surface area (Å²) in [6.07, 6.45) is 3.78. The molecule has 0 aromatic carbocycles. The normalized spacial score (nSPS) is 20.4. The first-order valence-corrected chi connectivity index (χ1v) is 3.89. The van der Waals surface area contributed by atoms with Gasteiger partial charge in [0.05, 0.1) is 6.04 Å². The van der Waals surface area contributed by atoms with Gasteiger partial charge in [-0.05, 0) is 13.0 Å². The number of allylic oxidation sites excluding steroid dienone is 2. The average molecular weight is 153 g/mol. The summed E-state index contributed by atoms with van der Waals surface area (Å²) in [6, 6.07) is 0.622. The van der Waals surface area contributed by atoms with E-state index in [9.17, 15) is 0 Å². The minimum absolute atomic E-state index is 0.622. The second-order valence-corrected chi connectivity index (χ2v) is 2.76. The van der Waals surface area contributed by atoms with Crippen molar-refractivity contribution in [1.29, 1.82) is 0 Å². The summed E-state index contributed by atoms with van der Waals surface area (Å²) in [7, 11) is 1.77. The summed E-state index contributed by atoms with van der Waals surface area (Å²) >= 11 is 0. The zero-order valence-electron chi connectivity index (χ0n) is 7.09. The van der Waals surface area contributed by atoms with E-state index in [4.69, 9.17) is 0 Å². The first-order chi connectivity index (χ1) is 5.33. The summed E-state index contributed by atoms with van der Waals surface area (Å²) in [6.45, 7) is 4.21. The Hall–Kier alpha value is -0.830. The highest BCUT2D eigenvalue weighted by atomic mass is 15.1. The molecule has 3 nitrogen and oxygen atoms in total. The van der Waals surface area contributed by atoms with E-state index in [1.807, 2.05) is 6.08 Å². The molecule has 0 spiro atoms. The van der Waals surface area contributed by atoms with Gasteiger partial charge in [0.25, 0.3) is 0 Å². The van der Waals surface area contributed by atoms with E-state index in [2.05, 4.69) is 22.5 Å². The first-order valence-electron chi connectivity index (χ1n) is 3.89. The molecule has 1 saturated heterocycles. The Morgan fingerprint density at radius 2 is 2.36 bits per heavy atom. The fourth-order valence-corrected chi connectivity index (χ4v) is 0.947. The molecule has 1 fully saturated rings. The minimum atomic E-state index is 0.622. The molecular formula is C8H15N3. The molecule has 1 heterocycles. The van der Waals surface area contributed by atoms with Gasteiger partial charge in [-0.2, -0.15) is 0 Å². The lowest BCUT2D eigenvalue weighted by molar-refractivity contribution is 0.392. The highest BCUT2D eigenvalue weighted by molar-refractivity contribution is 5.71. The van der Waals surface area contributed by atoms with E-state index >= 15 is 0 Å². The second kappa shape index (κ2) is 4.13. The van der Waals surface area contributed by atoms with Crippen LogP contribution in [0.15, 0.2) is 16.8 Å².